The van der Waals surface area contributed by atoms with Gasteiger partial charge in [-0.1, -0.05) is 26.2 Å². The van der Waals surface area contributed by atoms with Crippen molar-refractivity contribution in [2.24, 2.45) is 11.8 Å². The minimum Gasteiger partial charge on any atom is -0.314 e. The first kappa shape index (κ1) is 8.55. The third-order valence-electron chi connectivity index (χ3n) is 3.85. The maximum atomic E-state index is 3.67. The molecule has 1 heterocycles. The van der Waals surface area contributed by atoms with Gasteiger partial charge >= 0.3 is 0 Å². The highest BCUT2D eigenvalue weighted by molar-refractivity contribution is 4.88. The fourth-order valence-corrected chi connectivity index (χ4v) is 3.18. The summed E-state index contributed by atoms with van der Waals surface area (Å²) in [5, 5.41) is 3.67. The van der Waals surface area contributed by atoms with E-state index in [0.717, 1.165) is 17.9 Å². The molecule has 1 heteroatoms. The summed E-state index contributed by atoms with van der Waals surface area (Å²) in [6.45, 7) is 3.61. The summed E-state index contributed by atoms with van der Waals surface area (Å²) in [5.74, 6) is 2.10. The zero-order valence-electron chi connectivity index (χ0n) is 8.18. The first-order chi connectivity index (χ1) is 5.92. The van der Waals surface area contributed by atoms with Gasteiger partial charge in [0, 0.05) is 6.04 Å². The average Bonchev–Trinajstić information content (AvgIpc) is 2.17. The number of fused-ring (bicyclic) bond motifs is 1. The second-order valence-corrected chi connectivity index (χ2v) is 4.47. The molecule has 1 N–H and O–H groups in total. The molecule has 0 aromatic rings. The molecule has 0 aromatic carbocycles. The summed E-state index contributed by atoms with van der Waals surface area (Å²) >= 11 is 0. The molecule has 0 bridgehead atoms. The van der Waals surface area contributed by atoms with Crippen molar-refractivity contribution in [3.05, 3.63) is 0 Å². The Labute approximate surface area is 75.9 Å². The first-order valence-corrected chi connectivity index (χ1v) is 5.65. The highest BCUT2D eigenvalue weighted by Crippen LogP contribution is 2.37. The van der Waals surface area contributed by atoms with Gasteiger partial charge in [0.1, 0.15) is 0 Å². The Bertz CT molecular complexity index is 135. The monoisotopic (exact) mass is 167 g/mol. The van der Waals surface area contributed by atoms with Crippen LogP contribution in [0.2, 0.25) is 0 Å². The van der Waals surface area contributed by atoms with Crippen molar-refractivity contribution in [2.45, 2.75) is 51.5 Å². The summed E-state index contributed by atoms with van der Waals surface area (Å²) in [6.07, 6.45) is 8.78. The Balaban J connectivity index is 1.99. The quantitative estimate of drug-likeness (QED) is 0.633. The van der Waals surface area contributed by atoms with Gasteiger partial charge in [-0.25, -0.2) is 0 Å². The lowest BCUT2D eigenvalue weighted by molar-refractivity contribution is 0.131. The van der Waals surface area contributed by atoms with Crippen LogP contribution < -0.4 is 5.32 Å². The fourth-order valence-electron chi connectivity index (χ4n) is 3.18. The number of hydrogen-bond acceptors (Lipinski definition) is 1. The van der Waals surface area contributed by atoms with E-state index in [0.29, 0.717) is 0 Å². The maximum Gasteiger partial charge on any atom is 0.00953 e. The smallest absolute Gasteiger partial charge is 0.00953 e. The van der Waals surface area contributed by atoms with Gasteiger partial charge < -0.3 is 5.32 Å². The van der Waals surface area contributed by atoms with E-state index in [1.54, 1.807) is 0 Å². The number of rotatable bonds is 1. The van der Waals surface area contributed by atoms with Gasteiger partial charge in [-0.2, -0.15) is 0 Å². The molecule has 1 saturated carbocycles. The predicted molar refractivity (Wildman–Crippen MR) is 52.1 cm³/mol. The van der Waals surface area contributed by atoms with Crippen molar-refractivity contribution < 1.29 is 0 Å². The lowest BCUT2D eigenvalue weighted by Crippen LogP contribution is -2.46. The molecule has 0 spiro atoms. The zero-order chi connectivity index (χ0) is 8.39. The van der Waals surface area contributed by atoms with Crippen LogP contribution in [0.1, 0.15) is 45.4 Å². The Hall–Kier alpha value is -0.0400. The number of hydrogen-bond donors (Lipinski definition) is 1. The molecule has 0 amide bonds. The third-order valence-corrected chi connectivity index (χ3v) is 3.85. The molecule has 2 rings (SSSR count). The molecule has 1 nitrogen and oxygen atoms in total. The van der Waals surface area contributed by atoms with Gasteiger partial charge in [-0.05, 0) is 37.6 Å². The second kappa shape index (κ2) is 3.78. The molecule has 2 aliphatic rings. The van der Waals surface area contributed by atoms with Crippen molar-refractivity contribution in [2.75, 3.05) is 6.54 Å². The largest absolute Gasteiger partial charge is 0.314 e. The standard InChI is InChI=1S/C11H21N/c1-2-11-10-6-4-3-5-9(10)7-8-12-11/h9-12H,2-8H2,1H3. The zero-order valence-corrected chi connectivity index (χ0v) is 8.18. The summed E-state index contributed by atoms with van der Waals surface area (Å²) in [4.78, 5) is 0. The number of nitrogens with one attached hydrogen (secondary N) is 1. The van der Waals surface area contributed by atoms with Crippen LogP contribution in [0.4, 0.5) is 0 Å². The van der Waals surface area contributed by atoms with E-state index < -0.39 is 0 Å². The highest BCUT2D eigenvalue weighted by atomic mass is 14.9. The molecule has 70 valence electrons. The predicted octanol–water partition coefficient (Wildman–Crippen LogP) is 2.56. The van der Waals surface area contributed by atoms with E-state index in [9.17, 15) is 0 Å². The van der Waals surface area contributed by atoms with E-state index in [2.05, 4.69) is 12.2 Å². The van der Waals surface area contributed by atoms with Gasteiger partial charge in [-0.3, -0.25) is 0 Å². The van der Waals surface area contributed by atoms with Crippen LogP contribution in [-0.4, -0.2) is 12.6 Å². The molecule has 1 aliphatic heterocycles. The minimum atomic E-state index is 0.851. The van der Waals surface area contributed by atoms with E-state index >= 15 is 0 Å². The number of piperidine rings is 1. The van der Waals surface area contributed by atoms with Crippen molar-refractivity contribution in [3.8, 4) is 0 Å². The van der Waals surface area contributed by atoms with Crippen molar-refractivity contribution in [3.63, 3.8) is 0 Å². The van der Waals surface area contributed by atoms with E-state index in [4.69, 9.17) is 0 Å². The van der Waals surface area contributed by atoms with E-state index in [1.807, 2.05) is 0 Å². The summed E-state index contributed by atoms with van der Waals surface area (Å²) in [5.41, 5.74) is 0. The summed E-state index contributed by atoms with van der Waals surface area (Å²) in [7, 11) is 0. The molecule has 2 fully saturated rings. The first-order valence-electron chi connectivity index (χ1n) is 5.65. The van der Waals surface area contributed by atoms with Gasteiger partial charge in [0.2, 0.25) is 0 Å². The molecular formula is C11H21N. The molecular weight excluding hydrogens is 146 g/mol. The van der Waals surface area contributed by atoms with Gasteiger partial charge in [0.15, 0.2) is 0 Å². The Morgan fingerprint density at radius 1 is 1.17 bits per heavy atom. The van der Waals surface area contributed by atoms with Crippen LogP contribution in [0.5, 0.6) is 0 Å². The van der Waals surface area contributed by atoms with Gasteiger partial charge in [0.25, 0.3) is 0 Å². The van der Waals surface area contributed by atoms with Crippen molar-refractivity contribution in [1.82, 2.24) is 5.32 Å². The fraction of sp³-hybridized carbons (Fsp3) is 1.00. The molecule has 3 unspecified atom stereocenters. The van der Waals surface area contributed by atoms with Crippen LogP contribution in [-0.2, 0) is 0 Å². The lowest BCUT2D eigenvalue weighted by atomic mass is 9.71. The highest BCUT2D eigenvalue weighted by Gasteiger charge is 2.33. The normalized spacial score (nSPS) is 42.2. The van der Waals surface area contributed by atoms with Crippen molar-refractivity contribution >= 4 is 0 Å². The molecule has 0 radical (unpaired) electrons. The minimum absolute atomic E-state index is 0.851. The van der Waals surface area contributed by atoms with Crippen LogP contribution in [0.25, 0.3) is 0 Å². The SMILES string of the molecule is CCC1NCCC2CCCCC21. The molecule has 0 aromatic heterocycles. The molecule has 1 aliphatic carbocycles. The molecule has 12 heavy (non-hydrogen) atoms. The lowest BCUT2D eigenvalue weighted by Gasteiger charge is -2.41. The van der Waals surface area contributed by atoms with Gasteiger partial charge in [0.05, 0.1) is 0 Å². The average molecular weight is 167 g/mol. The van der Waals surface area contributed by atoms with Crippen molar-refractivity contribution in [1.29, 1.82) is 0 Å². The Kier molecular flexibility index (Phi) is 2.69. The van der Waals surface area contributed by atoms with E-state index in [-0.39, 0.29) is 0 Å². The molecule has 3 atom stereocenters. The van der Waals surface area contributed by atoms with Crippen LogP contribution in [0.3, 0.4) is 0 Å². The summed E-state index contributed by atoms with van der Waals surface area (Å²) in [6, 6.07) is 0.851. The van der Waals surface area contributed by atoms with Crippen LogP contribution in [0, 0.1) is 11.8 Å². The van der Waals surface area contributed by atoms with Crippen LogP contribution in [0.15, 0.2) is 0 Å². The summed E-state index contributed by atoms with van der Waals surface area (Å²) < 4.78 is 0. The van der Waals surface area contributed by atoms with Gasteiger partial charge in [-0.15, -0.1) is 0 Å². The van der Waals surface area contributed by atoms with Crippen LogP contribution >= 0.6 is 0 Å². The maximum absolute atomic E-state index is 3.67. The topological polar surface area (TPSA) is 12.0 Å². The third kappa shape index (κ3) is 1.52. The van der Waals surface area contributed by atoms with E-state index in [1.165, 1.54) is 45.1 Å². The second-order valence-electron chi connectivity index (χ2n) is 4.47. The molecule has 1 saturated heterocycles. The Morgan fingerprint density at radius 2 is 2.00 bits per heavy atom. The Morgan fingerprint density at radius 3 is 2.83 bits per heavy atom.